The topological polar surface area (TPSA) is 197 Å². The van der Waals surface area contributed by atoms with Crippen LogP contribution in [0.25, 0.3) is 16.9 Å². The van der Waals surface area contributed by atoms with Crippen molar-refractivity contribution in [2.24, 2.45) is 5.73 Å². The zero-order valence-corrected chi connectivity index (χ0v) is 34.1. The van der Waals surface area contributed by atoms with Gasteiger partial charge in [-0.1, -0.05) is 27.2 Å². The fraction of sp³-hybridized carbons (Fsp3) is 0.421. The van der Waals surface area contributed by atoms with E-state index in [1.54, 1.807) is 59.9 Å². The molecule has 0 spiro atoms. The summed E-state index contributed by atoms with van der Waals surface area (Å²) in [5.74, 6) is -2.08. The molecule has 1 fully saturated rings. The van der Waals surface area contributed by atoms with Gasteiger partial charge in [-0.05, 0) is 85.4 Å². The number of nitrogens with one attached hydrogen (secondary N) is 3. The maximum absolute atomic E-state index is 14.7. The maximum atomic E-state index is 14.7. The molecule has 55 heavy (non-hydrogen) atoms. The van der Waals surface area contributed by atoms with Crippen LogP contribution in [-0.2, 0) is 14.4 Å². The van der Waals surface area contributed by atoms with Crippen LogP contribution in [0.1, 0.15) is 56.8 Å². The second-order valence-electron chi connectivity index (χ2n) is 12.1. The Kier molecular flexibility index (Phi) is 18.2. The van der Waals surface area contributed by atoms with Crippen molar-refractivity contribution in [2.75, 3.05) is 58.7 Å². The Hall–Kier alpha value is -4.88. The Bertz CT molecular complexity index is 1880. The predicted molar refractivity (Wildman–Crippen MR) is 218 cm³/mol. The van der Waals surface area contributed by atoms with E-state index < -0.39 is 29.6 Å². The molecule has 0 radical (unpaired) electrons. The lowest BCUT2D eigenvalue weighted by Crippen LogP contribution is -2.56. The van der Waals surface area contributed by atoms with E-state index in [0.29, 0.717) is 37.5 Å². The standard InChI is InChI=1S/C31H32FIN8O6.C5H13N.C2H6/c1-47-23-8-6-20(27(33)26(23)32)22-17-36-29-28(35-10-11-41(22)29)37-19-4-2-18(3-5-19)30(45)39-12-14-40(15-13-39)31(46)21(7-9-25(43)44)38-24(42)16-34;1-3-4-5-6-2;1-2/h2-6,8,10-11,17,21H,7,9,12-16,34H2,1H3,(H,35,37)(H,38,42)(H,43,44);6H,3-5H2,1-2H3;1-2H3. The van der Waals surface area contributed by atoms with Gasteiger partial charge in [0.15, 0.2) is 23.0 Å². The summed E-state index contributed by atoms with van der Waals surface area (Å²) in [6.07, 6.45) is 7.24. The highest BCUT2D eigenvalue weighted by Gasteiger charge is 2.30. The molecule has 298 valence electrons. The number of rotatable bonds is 14. The number of carboxylic acids is 1. The van der Waals surface area contributed by atoms with Crippen molar-refractivity contribution in [2.45, 2.75) is 52.5 Å². The van der Waals surface area contributed by atoms with Gasteiger partial charge in [0.1, 0.15) is 6.04 Å². The summed E-state index contributed by atoms with van der Waals surface area (Å²) in [5.41, 5.74) is 8.32. The van der Waals surface area contributed by atoms with Crippen LogP contribution in [0.15, 0.2) is 55.0 Å². The lowest BCUT2D eigenvalue weighted by Gasteiger charge is -2.36. The summed E-state index contributed by atoms with van der Waals surface area (Å²) in [4.78, 5) is 61.2. The van der Waals surface area contributed by atoms with Gasteiger partial charge in [-0.2, -0.15) is 0 Å². The molecule has 2 aromatic carbocycles. The number of carbonyl (C=O) groups excluding carboxylic acids is 3. The van der Waals surface area contributed by atoms with Gasteiger partial charge in [0.05, 0.1) is 29.1 Å². The van der Waals surface area contributed by atoms with Crippen molar-refractivity contribution in [3.8, 4) is 17.0 Å². The highest BCUT2D eigenvalue weighted by Crippen LogP contribution is 2.33. The average Bonchev–Trinajstić information content (AvgIpc) is 3.65. The highest BCUT2D eigenvalue weighted by atomic mass is 127. The third-order valence-electron chi connectivity index (χ3n) is 8.49. The first-order chi connectivity index (χ1) is 26.5. The molecule has 0 saturated carbocycles. The number of imidazole rings is 1. The van der Waals surface area contributed by atoms with Crippen LogP contribution in [0.5, 0.6) is 5.75 Å². The number of hydrogen-bond donors (Lipinski definition) is 5. The van der Waals surface area contributed by atoms with E-state index in [1.165, 1.54) is 24.9 Å². The van der Waals surface area contributed by atoms with Gasteiger partial charge in [0.2, 0.25) is 11.8 Å². The number of unbranched alkanes of at least 4 members (excludes halogenated alkanes) is 1. The minimum absolute atomic E-state index is 0.0623. The zero-order valence-electron chi connectivity index (χ0n) is 31.9. The molecule has 4 aromatic rings. The predicted octanol–water partition coefficient (Wildman–Crippen LogP) is 4.52. The van der Waals surface area contributed by atoms with Gasteiger partial charge in [0.25, 0.3) is 5.91 Å². The highest BCUT2D eigenvalue weighted by molar-refractivity contribution is 14.1. The molecular formula is C38H51FIN9O6. The third kappa shape index (κ3) is 12.1. The number of amides is 3. The molecule has 3 amide bonds. The zero-order chi connectivity index (χ0) is 40.5. The number of carbonyl (C=O) groups is 4. The largest absolute Gasteiger partial charge is 0.494 e. The number of nitrogens with two attached hydrogens (primary N) is 1. The number of halogens is 2. The van der Waals surface area contributed by atoms with Crippen LogP contribution in [0, 0.1) is 9.39 Å². The molecule has 5 rings (SSSR count). The molecule has 1 unspecified atom stereocenters. The SMILES string of the molecule is CC.CCCCNC.COc1ccc(-c2cnc3c(Nc4ccc(C(=O)N5CCN(C(=O)C(CCC(=O)O)NC(=O)CN)CC5)cc4)nccn23)c(I)c1F. The van der Waals surface area contributed by atoms with Gasteiger partial charge in [-0.15, -0.1) is 0 Å². The minimum atomic E-state index is -1.08. The van der Waals surface area contributed by atoms with Crippen LogP contribution in [0.3, 0.4) is 0 Å². The van der Waals surface area contributed by atoms with Gasteiger partial charge in [-0.25, -0.2) is 14.4 Å². The van der Waals surface area contributed by atoms with E-state index in [1.807, 2.05) is 47.9 Å². The Morgan fingerprint density at radius 3 is 2.29 bits per heavy atom. The van der Waals surface area contributed by atoms with Crippen molar-refractivity contribution in [3.05, 3.63) is 69.9 Å². The fourth-order valence-corrected chi connectivity index (χ4v) is 6.31. The lowest BCUT2D eigenvalue weighted by molar-refractivity contribution is -0.140. The van der Waals surface area contributed by atoms with E-state index in [9.17, 15) is 23.6 Å². The van der Waals surface area contributed by atoms with Crippen LogP contribution in [0.4, 0.5) is 15.9 Å². The normalized spacial score (nSPS) is 12.8. The Labute approximate surface area is 334 Å². The van der Waals surface area contributed by atoms with E-state index in [2.05, 4.69) is 32.8 Å². The molecule has 1 aliphatic rings. The van der Waals surface area contributed by atoms with E-state index in [-0.39, 0.29) is 57.2 Å². The molecule has 6 N–H and O–H groups in total. The van der Waals surface area contributed by atoms with Crippen LogP contribution in [0.2, 0.25) is 0 Å². The molecule has 3 heterocycles. The average molecular weight is 876 g/mol. The van der Waals surface area contributed by atoms with E-state index >= 15 is 0 Å². The van der Waals surface area contributed by atoms with Gasteiger partial charge >= 0.3 is 5.97 Å². The van der Waals surface area contributed by atoms with Crippen molar-refractivity contribution in [1.29, 1.82) is 0 Å². The third-order valence-corrected chi connectivity index (χ3v) is 9.54. The number of aromatic nitrogens is 3. The number of anilines is 2. The molecular weight excluding hydrogens is 824 g/mol. The molecule has 0 aliphatic carbocycles. The Morgan fingerprint density at radius 2 is 1.71 bits per heavy atom. The first-order valence-electron chi connectivity index (χ1n) is 18.2. The number of nitrogens with zero attached hydrogens (tertiary/aromatic N) is 5. The number of carboxylic acid groups (broad SMARTS) is 1. The molecule has 2 aromatic heterocycles. The van der Waals surface area contributed by atoms with Crippen molar-refractivity contribution in [1.82, 2.24) is 34.8 Å². The number of benzene rings is 2. The summed E-state index contributed by atoms with van der Waals surface area (Å²) in [6, 6.07) is 9.20. The van der Waals surface area contributed by atoms with Crippen LogP contribution < -0.4 is 26.4 Å². The molecule has 1 atom stereocenters. The molecule has 0 bridgehead atoms. The van der Waals surface area contributed by atoms with Gasteiger partial charge in [0, 0.05) is 61.8 Å². The Morgan fingerprint density at radius 1 is 1.04 bits per heavy atom. The number of ether oxygens (including phenoxy) is 1. The minimum Gasteiger partial charge on any atom is -0.494 e. The van der Waals surface area contributed by atoms with Crippen molar-refractivity contribution >= 4 is 63.4 Å². The monoisotopic (exact) mass is 875 g/mol. The van der Waals surface area contributed by atoms with E-state index in [4.69, 9.17) is 15.6 Å². The number of aliphatic carboxylic acids is 1. The van der Waals surface area contributed by atoms with Crippen LogP contribution in [-0.4, -0.2) is 112 Å². The first-order valence-corrected chi connectivity index (χ1v) is 19.3. The lowest BCUT2D eigenvalue weighted by atomic mass is 10.1. The number of methoxy groups -OCH3 is 1. The second-order valence-corrected chi connectivity index (χ2v) is 13.2. The summed E-state index contributed by atoms with van der Waals surface area (Å²) in [6.45, 7) is 8.04. The van der Waals surface area contributed by atoms with Gasteiger partial charge in [-0.3, -0.25) is 23.6 Å². The van der Waals surface area contributed by atoms with Crippen molar-refractivity contribution < 1.29 is 33.4 Å². The molecule has 17 heteroatoms. The summed E-state index contributed by atoms with van der Waals surface area (Å²) < 4.78 is 22.0. The summed E-state index contributed by atoms with van der Waals surface area (Å²) >= 11 is 1.94. The quantitative estimate of drug-likeness (QED) is 0.0883. The molecule has 1 aliphatic heterocycles. The second kappa shape index (κ2) is 22.5. The smallest absolute Gasteiger partial charge is 0.303 e. The first kappa shape index (κ1) is 44.5. The molecule has 1 saturated heterocycles. The molecule has 15 nitrogen and oxygen atoms in total. The Balaban J connectivity index is 0.000000926. The van der Waals surface area contributed by atoms with Crippen molar-refractivity contribution in [3.63, 3.8) is 0 Å². The maximum Gasteiger partial charge on any atom is 0.303 e. The summed E-state index contributed by atoms with van der Waals surface area (Å²) in [7, 11) is 3.40. The number of piperazine rings is 1. The van der Waals surface area contributed by atoms with Crippen LogP contribution >= 0.6 is 22.6 Å². The number of hydrogen-bond acceptors (Lipinski definition) is 10. The van der Waals surface area contributed by atoms with E-state index in [0.717, 1.165) is 6.54 Å². The fourth-order valence-electron chi connectivity index (χ4n) is 5.59. The summed E-state index contributed by atoms with van der Waals surface area (Å²) in [5, 5.41) is 17.8. The van der Waals surface area contributed by atoms with Gasteiger partial charge < -0.3 is 41.3 Å². The number of fused-ring (bicyclic) bond motifs is 1.